The van der Waals surface area contributed by atoms with Gasteiger partial charge in [-0.25, -0.2) is 0 Å². The molecule has 1 unspecified atom stereocenters. The van der Waals surface area contributed by atoms with Gasteiger partial charge in [-0.05, 0) is 25.8 Å². The second-order valence-electron chi connectivity index (χ2n) is 4.55. The SMILES string of the molecule is CCCC1CCCCN1CC(=O)NCCN. The number of nitrogens with zero attached hydrogens (tertiary/aromatic N) is 1. The predicted octanol–water partition coefficient (Wildman–Crippen LogP) is 0.716. The van der Waals surface area contributed by atoms with Crippen molar-refractivity contribution in [3.05, 3.63) is 0 Å². The van der Waals surface area contributed by atoms with Crippen molar-refractivity contribution in [1.82, 2.24) is 10.2 Å². The molecule has 0 aliphatic carbocycles. The molecule has 1 rings (SSSR count). The molecule has 1 fully saturated rings. The van der Waals surface area contributed by atoms with Gasteiger partial charge in [-0.15, -0.1) is 0 Å². The first-order valence-electron chi connectivity index (χ1n) is 6.48. The Hall–Kier alpha value is -0.610. The highest BCUT2D eigenvalue weighted by Gasteiger charge is 2.22. The molecule has 0 aromatic rings. The summed E-state index contributed by atoms with van der Waals surface area (Å²) in [5.41, 5.74) is 5.36. The maximum atomic E-state index is 11.6. The minimum atomic E-state index is 0.119. The Balaban J connectivity index is 2.33. The van der Waals surface area contributed by atoms with Gasteiger partial charge >= 0.3 is 0 Å². The van der Waals surface area contributed by atoms with Crippen LogP contribution in [-0.2, 0) is 4.79 Å². The minimum absolute atomic E-state index is 0.119. The van der Waals surface area contributed by atoms with E-state index in [9.17, 15) is 4.79 Å². The van der Waals surface area contributed by atoms with Crippen LogP contribution >= 0.6 is 0 Å². The third kappa shape index (κ3) is 4.49. The fourth-order valence-corrected chi connectivity index (χ4v) is 2.38. The van der Waals surface area contributed by atoms with Crippen LogP contribution in [0.3, 0.4) is 0 Å². The van der Waals surface area contributed by atoms with Crippen molar-refractivity contribution in [3.8, 4) is 0 Å². The van der Waals surface area contributed by atoms with E-state index in [-0.39, 0.29) is 5.91 Å². The molecule has 4 nitrogen and oxygen atoms in total. The molecule has 1 saturated heterocycles. The number of carbonyl (C=O) groups is 1. The molecule has 0 spiro atoms. The van der Waals surface area contributed by atoms with Gasteiger partial charge in [0.05, 0.1) is 6.54 Å². The molecule has 0 aromatic carbocycles. The molecular formula is C12H25N3O. The summed E-state index contributed by atoms with van der Waals surface area (Å²) in [5, 5.41) is 2.84. The molecule has 0 aromatic heterocycles. The number of rotatable bonds is 6. The third-order valence-corrected chi connectivity index (χ3v) is 3.18. The summed E-state index contributed by atoms with van der Waals surface area (Å²) in [6.45, 7) is 4.93. The standard InChI is InChI=1S/C12H25N3O/c1-2-5-11-6-3-4-9-15(11)10-12(16)14-8-7-13/h11H,2-10,13H2,1H3,(H,14,16). The van der Waals surface area contributed by atoms with E-state index in [1.807, 2.05) is 0 Å². The van der Waals surface area contributed by atoms with Crippen LogP contribution in [0, 0.1) is 0 Å². The van der Waals surface area contributed by atoms with Crippen LogP contribution in [0.2, 0.25) is 0 Å². The average Bonchev–Trinajstić information content (AvgIpc) is 2.29. The lowest BCUT2D eigenvalue weighted by molar-refractivity contribution is -0.123. The van der Waals surface area contributed by atoms with Gasteiger partial charge in [0.15, 0.2) is 0 Å². The Kier molecular flexibility index (Phi) is 6.42. The highest BCUT2D eigenvalue weighted by molar-refractivity contribution is 5.78. The number of hydrogen-bond donors (Lipinski definition) is 2. The van der Waals surface area contributed by atoms with E-state index in [0.29, 0.717) is 25.7 Å². The minimum Gasteiger partial charge on any atom is -0.354 e. The summed E-state index contributed by atoms with van der Waals surface area (Å²) in [5.74, 6) is 0.119. The zero-order chi connectivity index (χ0) is 11.8. The average molecular weight is 227 g/mol. The largest absolute Gasteiger partial charge is 0.354 e. The maximum absolute atomic E-state index is 11.6. The summed E-state index contributed by atoms with van der Waals surface area (Å²) < 4.78 is 0. The van der Waals surface area contributed by atoms with E-state index in [4.69, 9.17) is 5.73 Å². The van der Waals surface area contributed by atoms with E-state index >= 15 is 0 Å². The molecule has 1 heterocycles. The van der Waals surface area contributed by atoms with Crippen molar-refractivity contribution in [2.75, 3.05) is 26.2 Å². The van der Waals surface area contributed by atoms with Crippen molar-refractivity contribution in [2.24, 2.45) is 5.73 Å². The lowest BCUT2D eigenvalue weighted by atomic mass is 9.98. The highest BCUT2D eigenvalue weighted by Crippen LogP contribution is 2.20. The summed E-state index contributed by atoms with van der Waals surface area (Å²) in [4.78, 5) is 13.9. The van der Waals surface area contributed by atoms with E-state index in [1.54, 1.807) is 0 Å². The van der Waals surface area contributed by atoms with Crippen LogP contribution in [0.15, 0.2) is 0 Å². The third-order valence-electron chi connectivity index (χ3n) is 3.18. The van der Waals surface area contributed by atoms with Gasteiger partial charge in [-0.1, -0.05) is 19.8 Å². The quantitative estimate of drug-likeness (QED) is 0.703. The predicted molar refractivity (Wildman–Crippen MR) is 66.2 cm³/mol. The highest BCUT2D eigenvalue weighted by atomic mass is 16.2. The lowest BCUT2D eigenvalue weighted by Crippen LogP contribution is -2.46. The van der Waals surface area contributed by atoms with Gasteiger partial charge in [-0.2, -0.15) is 0 Å². The normalized spacial score (nSPS) is 22.0. The zero-order valence-electron chi connectivity index (χ0n) is 10.4. The van der Waals surface area contributed by atoms with Gasteiger partial charge in [0, 0.05) is 19.1 Å². The lowest BCUT2D eigenvalue weighted by Gasteiger charge is -2.35. The van der Waals surface area contributed by atoms with Crippen molar-refractivity contribution in [1.29, 1.82) is 0 Å². The first-order chi connectivity index (χ1) is 7.77. The van der Waals surface area contributed by atoms with E-state index in [0.717, 1.165) is 6.54 Å². The van der Waals surface area contributed by atoms with Crippen molar-refractivity contribution in [2.45, 2.75) is 45.1 Å². The smallest absolute Gasteiger partial charge is 0.234 e. The van der Waals surface area contributed by atoms with Crippen LogP contribution in [0.5, 0.6) is 0 Å². The molecule has 0 radical (unpaired) electrons. The van der Waals surface area contributed by atoms with Crippen molar-refractivity contribution >= 4 is 5.91 Å². The number of carbonyl (C=O) groups excluding carboxylic acids is 1. The number of nitrogens with one attached hydrogen (secondary N) is 1. The van der Waals surface area contributed by atoms with Crippen LogP contribution in [0.25, 0.3) is 0 Å². The summed E-state index contributed by atoms with van der Waals surface area (Å²) in [6, 6.07) is 0.613. The molecule has 4 heteroatoms. The molecule has 3 N–H and O–H groups in total. The molecule has 1 aliphatic rings. The number of amides is 1. The number of hydrogen-bond acceptors (Lipinski definition) is 3. The van der Waals surface area contributed by atoms with Gasteiger partial charge in [0.2, 0.25) is 5.91 Å². The summed E-state index contributed by atoms with van der Waals surface area (Å²) in [7, 11) is 0. The molecule has 1 aliphatic heterocycles. The van der Waals surface area contributed by atoms with Crippen molar-refractivity contribution < 1.29 is 4.79 Å². The summed E-state index contributed by atoms with van der Waals surface area (Å²) >= 11 is 0. The molecule has 0 bridgehead atoms. The first kappa shape index (κ1) is 13.5. The van der Waals surface area contributed by atoms with E-state index < -0.39 is 0 Å². The Morgan fingerprint density at radius 2 is 2.31 bits per heavy atom. The van der Waals surface area contributed by atoms with Crippen LogP contribution in [0.4, 0.5) is 0 Å². The Bertz CT molecular complexity index is 206. The second-order valence-corrected chi connectivity index (χ2v) is 4.55. The molecule has 1 amide bonds. The molecule has 0 saturated carbocycles. The molecule has 94 valence electrons. The van der Waals surface area contributed by atoms with Crippen LogP contribution in [0.1, 0.15) is 39.0 Å². The fourth-order valence-electron chi connectivity index (χ4n) is 2.38. The van der Waals surface area contributed by atoms with Gasteiger partial charge in [-0.3, -0.25) is 9.69 Å². The Morgan fingerprint density at radius 3 is 3.00 bits per heavy atom. The Labute approximate surface area is 98.6 Å². The monoisotopic (exact) mass is 227 g/mol. The molecular weight excluding hydrogens is 202 g/mol. The Morgan fingerprint density at radius 1 is 1.50 bits per heavy atom. The topological polar surface area (TPSA) is 58.4 Å². The fraction of sp³-hybridized carbons (Fsp3) is 0.917. The van der Waals surface area contributed by atoms with Crippen LogP contribution in [-0.4, -0.2) is 43.0 Å². The summed E-state index contributed by atoms with van der Waals surface area (Å²) in [6.07, 6.45) is 6.20. The second kappa shape index (κ2) is 7.63. The maximum Gasteiger partial charge on any atom is 0.234 e. The van der Waals surface area contributed by atoms with Gasteiger partial charge < -0.3 is 11.1 Å². The van der Waals surface area contributed by atoms with Gasteiger partial charge in [0.1, 0.15) is 0 Å². The molecule has 1 atom stereocenters. The number of likely N-dealkylation sites (tertiary alicyclic amines) is 1. The number of nitrogens with two attached hydrogens (primary N) is 1. The van der Waals surface area contributed by atoms with Crippen LogP contribution < -0.4 is 11.1 Å². The zero-order valence-corrected chi connectivity index (χ0v) is 10.4. The van der Waals surface area contributed by atoms with Crippen molar-refractivity contribution in [3.63, 3.8) is 0 Å². The first-order valence-corrected chi connectivity index (χ1v) is 6.48. The number of piperidine rings is 1. The van der Waals surface area contributed by atoms with E-state index in [2.05, 4.69) is 17.1 Å². The van der Waals surface area contributed by atoms with Gasteiger partial charge in [0.25, 0.3) is 0 Å². The molecule has 16 heavy (non-hydrogen) atoms. The van der Waals surface area contributed by atoms with E-state index in [1.165, 1.54) is 32.1 Å².